The minimum atomic E-state index is -1.16. The summed E-state index contributed by atoms with van der Waals surface area (Å²) in [4.78, 5) is 20.3. The monoisotopic (exact) mass is 211 g/mol. The van der Waals surface area contributed by atoms with Crippen LogP contribution in [0.4, 0.5) is 5.69 Å². The minimum absolute atomic E-state index is 0.0719. The average molecular weight is 211 g/mol. The van der Waals surface area contributed by atoms with E-state index < -0.39 is 10.9 Å². The van der Waals surface area contributed by atoms with Crippen molar-refractivity contribution >= 4 is 11.7 Å². The first kappa shape index (κ1) is 13.1. The highest BCUT2D eigenvalue weighted by molar-refractivity contribution is 5.88. The normalized spacial score (nSPS) is 8.73. The van der Waals surface area contributed by atoms with E-state index in [2.05, 4.69) is 0 Å². The molecule has 0 aliphatic carbocycles. The van der Waals surface area contributed by atoms with Crippen LogP contribution < -0.4 is 0 Å². The van der Waals surface area contributed by atoms with Crippen molar-refractivity contribution in [3.05, 3.63) is 39.4 Å². The number of rotatable bonds is 2. The van der Waals surface area contributed by atoms with Gasteiger partial charge in [-0.05, 0) is 13.0 Å². The van der Waals surface area contributed by atoms with Crippen LogP contribution in [0.25, 0.3) is 0 Å². The predicted molar refractivity (Wildman–Crippen MR) is 56.1 cm³/mol. The highest BCUT2D eigenvalue weighted by atomic mass is 16.6. The van der Waals surface area contributed by atoms with Gasteiger partial charge in [0, 0.05) is 11.6 Å². The molecule has 0 atom stereocenters. The van der Waals surface area contributed by atoms with Crippen molar-refractivity contribution in [3.8, 4) is 0 Å². The molecule has 1 aromatic carbocycles. The molecule has 0 amide bonds. The molecule has 0 heterocycles. The summed E-state index contributed by atoms with van der Waals surface area (Å²) in [7, 11) is 0. The molecule has 0 aliphatic rings. The number of carboxylic acids is 1. The van der Waals surface area contributed by atoms with Crippen molar-refractivity contribution in [2.24, 2.45) is 0 Å². The Labute approximate surface area is 87.5 Å². The van der Waals surface area contributed by atoms with Crippen molar-refractivity contribution in [1.82, 2.24) is 0 Å². The number of hydrogen-bond donors (Lipinski definition) is 1. The fraction of sp³-hybridized carbons (Fsp3) is 0.300. The van der Waals surface area contributed by atoms with Crippen LogP contribution in [0.2, 0.25) is 0 Å². The second-order valence-corrected chi connectivity index (χ2v) is 2.56. The van der Waals surface area contributed by atoms with E-state index in [1.807, 2.05) is 13.8 Å². The van der Waals surface area contributed by atoms with Crippen LogP contribution >= 0.6 is 0 Å². The van der Waals surface area contributed by atoms with E-state index in [0.717, 1.165) is 6.07 Å². The van der Waals surface area contributed by atoms with Crippen molar-refractivity contribution in [3.63, 3.8) is 0 Å². The van der Waals surface area contributed by atoms with E-state index in [9.17, 15) is 14.9 Å². The van der Waals surface area contributed by atoms with Crippen LogP contribution in [-0.2, 0) is 0 Å². The molecule has 1 rings (SSSR count). The predicted octanol–water partition coefficient (Wildman–Crippen LogP) is 2.63. The first-order chi connectivity index (χ1) is 7.02. The van der Waals surface area contributed by atoms with Crippen molar-refractivity contribution < 1.29 is 14.8 Å². The number of benzene rings is 1. The Balaban J connectivity index is 0.000000921. The van der Waals surface area contributed by atoms with Gasteiger partial charge < -0.3 is 5.11 Å². The molecule has 0 spiro atoms. The smallest absolute Gasteiger partial charge is 0.335 e. The molecule has 82 valence electrons. The van der Waals surface area contributed by atoms with E-state index in [4.69, 9.17) is 5.11 Å². The molecule has 0 bridgehead atoms. The van der Waals surface area contributed by atoms with Crippen molar-refractivity contribution in [2.45, 2.75) is 20.8 Å². The van der Waals surface area contributed by atoms with Gasteiger partial charge in [-0.3, -0.25) is 10.1 Å². The van der Waals surface area contributed by atoms with Crippen LogP contribution in [0.3, 0.4) is 0 Å². The molecule has 0 aliphatic heterocycles. The molecular weight excluding hydrogens is 198 g/mol. The van der Waals surface area contributed by atoms with Gasteiger partial charge in [0.2, 0.25) is 0 Å². The zero-order valence-electron chi connectivity index (χ0n) is 8.85. The fourth-order valence-corrected chi connectivity index (χ4v) is 0.939. The Hall–Kier alpha value is -1.91. The van der Waals surface area contributed by atoms with Gasteiger partial charge in [-0.25, -0.2) is 4.79 Å². The molecule has 0 fully saturated rings. The lowest BCUT2D eigenvalue weighted by Crippen LogP contribution is -1.99. The number of aromatic carboxylic acids is 1. The number of nitro groups is 1. The zero-order chi connectivity index (χ0) is 12.0. The molecule has 15 heavy (non-hydrogen) atoms. The minimum Gasteiger partial charge on any atom is -0.478 e. The average Bonchev–Trinajstić information content (AvgIpc) is 2.20. The van der Waals surface area contributed by atoms with Gasteiger partial charge in [0.05, 0.1) is 10.5 Å². The first-order valence-corrected chi connectivity index (χ1v) is 4.50. The second kappa shape index (κ2) is 5.74. The number of nitro benzene ring substituents is 1. The standard InChI is InChI=1S/C8H7NO4.C2H6/c1-5-2-3-6(8(10)11)4-7(5)9(12)13;1-2/h2-4H,1H3,(H,10,11);1-2H3. The summed E-state index contributed by atoms with van der Waals surface area (Å²) in [6.07, 6.45) is 0. The molecule has 0 unspecified atom stereocenters. The van der Waals surface area contributed by atoms with E-state index in [0.29, 0.717) is 5.56 Å². The molecule has 0 radical (unpaired) electrons. The number of carboxylic acid groups (broad SMARTS) is 1. The van der Waals surface area contributed by atoms with E-state index >= 15 is 0 Å². The Bertz CT molecular complexity index is 374. The third-order valence-electron chi connectivity index (χ3n) is 1.65. The lowest BCUT2D eigenvalue weighted by Gasteiger charge is -1.97. The summed E-state index contributed by atoms with van der Waals surface area (Å²) in [6.45, 7) is 5.56. The molecule has 5 nitrogen and oxygen atoms in total. The number of nitrogens with zero attached hydrogens (tertiary/aromatic N) is 1. The number of aryl methyl sites for hydroxylation is 1. The molecule has 1 aromatic rings. The van der Waals surface area contributed by atoms with Crippen molar-refractivity contribution in [2.75, 3.05) is 0 Å². The lowest BCUT2D eigenvalue weighted by atomic mass is 10.1. The Morgan fingerprint density at radius 1 is 1.40 bits per heavy atom. The molecular formula is C10H13NO4. The van der Waals surface area contributed by atoms with Gasteiger partial charge in [-0.2, -0.15) is 0 Å². The first-order valence-electron chi connectivity index (χ1n) is 4.50. The van der Waals surface area contributed by atoms with Crippen LogP contribution in [0.5, 0.6) is 0 Å². The van der Waals surface area contributed by atoms with E-state index in [1.165, 1.54) is 12.1 Å². The maximum absolute atomic E-state index is 10.5. The lowest BCUT2D eigenvalue weighted by molar-refractivity contribution is -0.385. The Morgan fingerprint density at radius 3 is 2.33 bits per heavy atom. The molecule has 0 saturated carbocycles. The summed E-state index contributed by atoms with van der Waals surface area (Å²) < 4.78 is 0. The quantitative estimate of drug-likeness (QED) is 0.602. The highest BCUT2D eigenvalue weighted by Gasteiger charge is 2.13. The number of carbonyl (C=O) groups is 1. The van der Waals surface area contributed by atoms with Crippen LogP contribution in [0, 0.1) is 17.0 Å². The van der Waals surface area contributed by atoms with E-state index in [1.54, 1.807) is 6.92 Å². The fourth-order valence-electron chi connectivity index (χ4n) is 0.939. The van der Waals surface area contributed by atoms with Gasteiger partial charge in [0.1, 0.15) is 0 Å². The number of hydrogen-bond acceptors (Lipinski definition) is 3. The topological polar surface area (TPSA) is 80.4 Å². The Morgan fingerprint density at radius 2 is 1.93 bits per heavy atom. The SMILES string of the molecule is CC.Cc1ccc(C(=O)O)cc1[N+](=O)[O-]. The van der Waals surface area contributed by atoms with Crippen LogP contribution in [0.15, 0.2) is 18.2 Å². The van der Waals surface area contributed by atoms with Gasteiger partial charge in [0.15, 0.2) is 0 Å². The van der Waals surface area contributed by atoms with Gasteiger partial charge in [-0.15, -0.1) is 0 Å². The molecule has 5 heteroatoms. The van der Waals surface area contributed by atoms with Gasteiger partial charge in [0.25, 0.3) is 5.69 Å². The molecule has 0 saturated heterocycles. The molecule has 1 N–H and O–H groups in total. The largest absolute Gasteiger partial charge is 0.478 e. The summed E-state index contributed by atoms with van der Waals surface area (Å²) in [5.41, 5.74) is 0.215. The third kappa shape index (κ3) is 3.38. The maximum atomic E-state index is 10.5. The maximum Gasteiger partial charge on any atom is 0.335 e. The van der Waals surface area contributed by atoms with Gasteiger partial charge in [-0.1, -0.05) is 19.9 Å². The Kier molecular flexibility index (Phi) is 5.01. The van der Waals surface area contributed by atoms with Gasteiger partial charge >= 0.3 is 5.97 Å². The van der Waals surface area contributed by atoms with Crippen molar-refractivity contribution in [1.29, 1.82) is 0 Å². The summed E-state index contributed by atoms with van der Waals surface area (Å²) in [6, 6.07) is 3.81. The molecule has 0 aromatic heterocycles. The van der Waals surface area contributed by atoms with E-state index in [-0.39, 0.29) is 11.3 Å². The van der Waals surface area contributed by atoms with Crippen LogP contribution in [0.1, 0.15) is 29.8 Å². The summed E-state index contributed by atoms with van der Waals surface area (Å²) in [5, 5.41) is 19.0. The third-order valence-corrected chi connectivity index (χ3v) is 1.65. The zero-order valence-corrected chi connectivity index (χ0v) is 8.85. The highest BCUT2D eigenvalue weighted by Crippen LogP contribution is 2.18. The second-order valence-electron chi connectivity index (χ2n) is 2.56. The summed E-state index contributed by atoms with van der Waals surface area (Å²) >= 11 is 0. The van der Waals surface area contributed by atoms with Crippen LogP contribution in [-0.4, -0.2) is 16.0 Å². The summed E-state index contributed by atoms with van der Waals surface area (Å²) in [5.74, 6) is -1.16.